The summed E-state index contributed by atoms with van der Waals surface area (Å²) in [6.07, 6.45) is -1.42. The summed E-state index contributed by atoms with van der Waals surface area (Å²) in [6, 6.07) is 0. The minimum atomic E-state index is -0.710. The number of carbonyl (C=O) groups excluding carboxylic acids is 1. The second-order valence-electron chi connectivity index (χ2n) is 4.70. The normalized spacial score (nSPS) is 28.1. The molecule has 1 aliphatic heterocycles. The van der Waals surface area contributed by atoms with E-state index in [9.17, 15) is 15.0 Å². The van der Waals surface area contributed by atoms with E-state index in [-0.39, 0.29) is 5.97 Å². The second-order valence-corrected chi connectivity index (χ2v) is 4.70. The Morgan fingerprint density at radius 3 is 2.27 bits per heavy atom. The van der Waals surface area contributed by atoms with Crippen molar-refractivity contribution in [3.63, 3.8) is 0 Å². The summed E-state index contributed by atoms with van der Waals surface area (Å²) >= 11 is 0. The van der Waals surface area contributed by atoms with Gasteiger partial charge in [0.25, 0.3) is 0 Å². The Balaban J connectivity index is 2.52. The second kappa shape index (κ2) is 4.47. The molecule has 0 spiro atoms. The molecule has 0 aliphatic carbocycles. The van der Waals surface area contributed by atoms with E-state index in [4.69, 9.17) is 0 Å². The lowest BCUT2D eigenvalue weighted by Gasteiger charge is -2.27. The van der Waals surface area contributed by atoms with Gasteiger partial charge >= 0.3 is 5.97 Å². The summed E-state index contributed by atoms with van der Waals surface area (Å²) in [5, 5.41) is 18.7. The molecule has 1 heterocycles. The Hall–Kier alpha value is -0.650. The number of likely N-dealkylation sites (tertiary alicyclic amines) is 1. The number of methoxy groups -OCH3 is 1. The Kier molecular flexibility index (Phi) is 3.70. The van der Waals surface area contributed by atoms with Crippen molar-refractivity contribution in [3.05, 3.63) is 0 Å². The molecule has 2 N–H and O–H groups in total. The molecule has 88 valence electrons. The molecule has 0 radical (unpaired) electrons. The molecular weight excluding hydrogens is 198 g/mol. The molecule has 1 fully saturated rings. The highest BCUT2D eigenvalue weighted by Crippen LogP contribution is 2.21. The average molecular weight is 217 g/mol. The monoisotopic (exact) mass is 217 g/mol. The van der Waals surface area contributed by atoms with Crippen molar-refractivity contribution in [2.75, 3.05) is 26.7 Å². The average Bonchev–Trinajstić information content (AvgIpc) is 2.43. The third-order valence-electron chi connectivity index (χ3n) is 2.69. The molecule has 1 rings (SSSR count). The standard InChI is InChI=1S/C10H19NO4/c1-10(2,9(14)15-3)6-11-4-7(12)8(13)5-11/h7-8,12-13H,4-6H2,1-3H3/t7-,8+. The lowest BCUT2D eigenvalue weighted by atomic mass is 9.93. The first kappa shape index (κ1) is 12.4. The van der Waals surface area contributed by atoms with Crippen LogP contribution in [0.3, 0.4) is 0 Å². The number of nitrogens with zero attached hydrogens (tertiary/aromatic N) is 1. The van der Waals surface area contributed by atoms with Crippen molar-refractivity contribution in [3.8, 4) is 0 Å². The van der Waals surface area contributed by atoms with E-state index in [0.717, 1.165) is 0 Å². The zero-order valence-electron chi connectivity index (χ0n) is 9.43. The molecule has 0 aromatic carbocycles. The highest BCUT2D eigenvalue weighted by atomic mass is 16.5. The van der Waals surface area contributed by atoms with E-state index in [1.165, 1.54) is 7.11 Å². The molecule has 0 aromatic rings. The topological polar surface area (TPSA) is 70.0 Å². The third-order valence-corrected chi connectivity index (χ3v) is 2.69. The largest absolute Gasteiger partial charge is 0.469 e. The molecule has 0 bridgehead atoms. The summed E-state index contributed by atoms with van der Waals surface area (Å²) < 4.78 is 4.69. The van der Waals surface area contributed by atoms with E-state index in [1.54, 1.807) is 13.8 Å². The van der Waals surface area contributed by atoms with Gasteiger partial charge in [0.15, 0.2) is 0 Å². The first-order chi connectivity index (χ1) is 6.86. The summed E-state index contributed by atoms with van der Waals surface area (Å²) in [5.41, 5.74) is -0.613. The number of hydrogen-bond donors (Lipinski definition) is 2. The van der Waals surface area contributed by atoms with Crippen molar-refractivity contribution < 1.29 is 19.7 Å². The van der Waals surface area contributed by atoms with E-state index < -0.39 is 17.6 Å². The molecule has 1 aliphatic rings. The molecule has 5 nitrogen and oxygen atoms in total. The molecule has 0 saturated carbocycles. The molecule has 15 heavy (non-hydrogen) atoms. The van der Waals surface area contributed by atoms with Crippen molar-refractivity contribution in [1.29, 1.82) is 0 Å². The maximum atomic E-state index is 11.4. The van der Waals surface area contributed by atoms with E-state index in [1.807, 2.05) is 4.90 Å². The number of β-amino-alcohol motifs (C(OH)–C–C–N with tert-alkyl or cyclic N) is 2. The Morgan fingerprint density at radius 1 is 1.40 bits per heavy atom. The van der Waals surface area contributed by atoms with Crippen molar-refractivity contribution in [2.24, 2.45) is 5.41 Å². The van der Waals surface area contributed by atoms with Crippen LogP contribution in [0.1, 0.15) is 13.8 Å². The molecular formula is C10H19NO4. The van der Waals surface area contributed by atoms with Crippen LogP contribution in [0.2, 0.25) is 0 Å². The molecule has 1 saturated heterocycles. The lowest BCUT2D eigenvalue weighted by molar-refractivity contribution is -0.151. The van der Waals surface area contributed by atoms with Crippen LogP contribution in [0, 0.1) is 5.41 Å². The SMILES string of the molecule is COC(=O)C(C)(C)CN1C[C@@H](O)[C@@H](O)C1. The van der Waals surface area contributed by atoms with Gasteiger partial charge in [0.1, 0.15) is 0 Å². The molecule has 5 heteroatoms. The van der Waals surface area contributed by atoms with Crippen LogP contribution in [0.4, 0.5) is 0 Å². The highest BCUT2D eigenvalue weighted by molar-refractivity contribution is 5.76. The predicted octanol–water partition coefficient (Wildman–Crippen LogP) is -0.777. The van der Waals surface area contributed by atoms with Crippen LogP contribution in [-0.2, 0) is 9.53 Å². The lowest BCUT2D eigenvalue weighted by Crippen LogP contribution is -2.39. The first-order valence-corrected chi connectivity index (χ1v) is 5.03. The summed E-state index contributed by atoms with van der Waals surface area (Å²) in [7, 11) is 1.36. The quantitative estimate of drug-likeness (QED) is 0.607. The number of rotatable bonds is 3. The number of aliphatic hydroxyl groups excluding tert-OH is 2. The van der Waals surface area contributed by atoms with Crippen LogP contribution < -0.4 is 0 Å². The zero-order valence-corrected chi connectivity index (χ0v) is 9.43. The van der Waals surface area contributed by atoms with Gasteiger partial charge in [-0.2, -0.15) is 0 Å². The van der Waals surface area contributed by atoms with Gasteiger partial charge in [0, 0.05) is 19.6 Å². The number of aliphatic hydroxyl groups is 2. The van der Waals surface area contributed by atoms with Gasteiger partial charge in [0.2, 0.25) is 0 Å². The number of hydrogen-bond acceptors (Lipinski definition) is 5. The maximum absolute atomic E-state index is 11.4. The van der Waals surface area contributed by atoms with Gasteiger partial charge in [-0.05, 0) is 13.8 Å². The third kappa shape index (κ3) is 2.90. The van der Waals surface area contributed by atoms with Gasteiger partial charge in [-0.15, -0.1) is 0 Å². The van der Waals surface area contributed by atoms with Crippen LogP contribution in [0.25, 0.3) is 0 Å². The van der Waals surface area contributed by atoms with Gasteiger partial charge in [0.05, 0.1) is 24.7 Å². The van der Waals surface area contributed by atoms with E-state index >= 15 is 0 Å². The van der Waals surface area contributed by atoms with Gasteiger partial charge in [-0.1, -0.05) is 0 Å². The summed E-state index contributed by atoms with van der Waals surface area (Å²) in [4.78, 5) is 13.3. The van der Waals surface area contributed by atoms with Crippen molar-refractivity contribution >= 4 is 5.97 Å². The molecule has 0 aromatic heterocycles. The molecule has 0 amide bonds. The fourth-order valence-electron chi connectivity index (χ4n) is 1.88. The van der Waals surface area contributed by atoms with Gasteiger partial charge < -0.3 is 14.9 Å². The smallest absolute Gasteiger partial charge is 0.312 e. The van der Waals surface area contributed by atoms with Crippen molar-refractivity contribution in [2.45, 2.75) is 26.1 Å². The fourth-order valence-corrected chi connectivity index (χ4v) is 1.88. The fraction of sp³-hybridized carbons (Fsp3) is 0.900. The minimum absolute atomic E-state index is 0.279. The van der Waals surface area contributed by atoms with Gasteiger partial charge in [-0.3, -0.25) is 9.69 Å². The Labute approximate surface area is 89.6 Å². The van der Waals surface area contributed by atoms with Crippen LogP contribution in [-0.4, -0.2) is 60.0 Å². The zero-order chi connectivity index (χ0) is 11.6. The maximum Gasteiger partial charge on any atom is 0.312 e. The first-order valence-electron chi connectivity index (χ1n) is 5.03. The molecule has 2 atom stereocenters. The summed E-state index contributed by atoms with van der Waals surface area (Å²) in [6.45, 7) is 4.86. The Bertz CT molecular complexity index is 232. The summed E-state index contributed by atoms with van der Waals surface area (Å²) in [5.74, 6) is -0.279. The predicted molar refractivity (Wildman–Crippen MR) is 54.3 cm³/mol. The van der Waals surface area contributed by atoms with E-state index in [0.29, 0.717) is 19.6 Å². The number of esters is 1. The van der Waals surface area contributed by atoms with Crippen LogP contribution in [0.5, 0.6) is 0 Å². The number of carbonyl (C=O) groups is 1. The van der Waals surface area contributed by atoms with Crippen LogP contribution >= 0.6 is 0 Å². The van der Waals surface area contributed by atoms with E-state index in [2.05, 4.69) is 4.74 Å². The van der Waals surface area contributed by atoms with Crippen LogP contribution in [0.15, 0.2) is 0 Å². The molecule has 0 unspecified atom stereocenters. The van der Waals surface area contributed by atoms with Crippen molar-refractivity contribution in [1.82, 2.24) is 4.90 Å². The van der Waals surface area contributed by atoms with Gasteiger partial charge in [-0.25, -0.2) is 0 Å². The minimum Gasteiger partial charge on any atom is -0.469 e. The number of ether oxygens (including phenoxy) is 1. The highest BCUT2D eigenvalue weighted by Gasteiger charge is 2.36. The Morgan fingerprint density at radius 2 is 1.87 bits per heavy atom.